The number of primary amides is 1. The van der Waals surface area contributed by atoms with Crippen molar-refractivity contribution in [2.45, 2.75) is 39.2 Å². The summed E-state index contributed by atoms with van der Waals surface area (Å²) in [5.41, 5.74) is 9.30. The maximum atomic E-state index is 12.2. The van der Waals surface area contributed by atoms with E-state index in [4.69, 9.17) is 10.5 Å². The normalized spacial score (nSPS) is 22.9. The van der Waals surface area contributed by atoms with Crippen LogP contribution in [0.2, 0.25) is 0 Å². The summed E-state index contributed by atoms with van der Waals surface area (Å²) in [6.45, 7) is 5.80. The Morgan fingerprint density at radius 3 is 2.21 bits per heavy atom. The zero-order valence-electron chi connectivity index (χ0n) is 14.1. The fourth-order valence-corrected chi connectivity index (χ4v) is 2.85. The van der Waals surface area contributed by atoms with Crippen LogP contribution in [0.3, 0.4) is 0 Å². The molecule has 0 aliphatic heterocycles. The standard InChI is InChI=1S/C17H23N3O4/c1-16(2,3)17(24-15(18)23)9-12(10-17)14(22)20-19-13(21)11-7-5-4-6-8-11/h4-8,12H,9-10H2,1-3H3,(H2,18,23)(H,19,21)(H,20,22). The molecule has 2 rings (SSSR count). The van der Waals surface area contributed by atoms with Gasteiger partial charge in [0.15, 0.2) is 0 Å². The summed E-state index contributed by atoms with van der Waals surface area (Å²) in [6.07, 6.45) is -0.111. The summed E-state index contributed by atoms with van der Waals surface area (Å²) in [4.78, 5) is 35.2. The van der Waals surface area contributed by atoms with Gasteiger partial charge in [0.25, 0.3) is 5.91 Å². The van der Waals surface area contributed by atoms with Crippen molar-refractivity contribution in [3.8, 4) is 0 Å². The third-order valence-electron chi connectivity index (χ3n) is 4.52. The van der Waals surface area contributed by atoms with Crippen LogP contribution in [-0.2, 0) is 9.53 Å². The zero-order valence-corrected chi connectivity index (χ0v) is 14.1. The third kappa shape index (κ3) is 3.67. The van der Waals surface area contributed by atoms with Gasteiger partial charge in [0.1, 0.15) is 5.60 Å². The number of nitrogens with one attached hydrogen (secondary N) is 2. The summed E-state index contributed by atoms with van der Waals surface area (Å²) in [7, 11) is 0. The predicted molar refractivity (Wildman–Crippen MR) is 87.6 cm³/mol. The first-order valence-electron chi connectivity index (χ1n) is 7.78. The summed E-state index contributed by atoms with van der Waals surface area (Å²) < 4.78 is 5.29. The van der Waals surface area contributed by atoms with E-state index in [0.29, 0.717) is 18.4 Å². The number of amides is 3. The lowest BCUT2D eigenvalue weighted by Crippen LogP contribution is -2.61. The van der Waals surface area contributed by atoms with Crippen molar-refractivity contribution >= 4 is 17.9 Å². The zero-order chi connectivity index (χ0) is 18.0. The maximum Gasteiger partial charge on any atom is 0.405 e. The number of carbonyl (C=O) groups excluding carboxylic acids is 3. The Morgan fingerprint density at radius 2 is 1.71 bits per heavy atom. The average Bonchev–Trinajstić information content (AvgIpc) is 2.47. The van der Waals surface area contributed by atoms with Crippen LogP contribution in [0.15, 0.2) is 30.3 Å². The van der Waals surface area contributed by atoms with Gasteiger partial charge in [-0.15, -0.1) is 0 Å². The van der Waals surface area contributed by atoms with Crippen molar-refractivity contribution in [3.05, 3.63) is 35.9 Å². The molecule has 0 aromatic heterocycles. The Hall–Kier alpha value is -2.57. The Balaban J connectivity index is 1.89. The quantitative estimate of drug-likeness (QED) is 0.732. The number of hydrogen-bond acceptors (Lipinski definition) is 4. The van der Waals surface area contributed by atoms with Gasteiger partial charge < -0.3 is 10.5 Å². The summed E-state index contributed by atoms with van der Waals surface area (Å²) >= 11 is 0. The first-order chi connectivity index (χ1) is 11.1. The van der Waals surface area contributed by atoms with E-state index in [2.05, 4.69) is 10.9 Å². The molecule has 0 spiro atoms. The molecule has 1 aliphatic carbocycles. The van der Waals surface area contributed by atoms with E-state index in [1.807, 2.05) is 20.8 Å². The Kier molecular flexibility index (Phi) is 4.82. The number of hydrazine groups is 1. The molecule has 1 aromatic rings. The molecule has 0 bridgehead atoms. The molecule has 7 heteroatoms. The number of ether oxygens (including phenoxy) is 1. The van der Waals surface area contributed by atoms with E-state index in [1.165, 1.54) is 0 Å². The summed E-state index contributed by atoms with van der Waals surface area (Å²) in [5.74, 6) is -1.05. The monoisotopic (exact) mass is 333 g/mol. The number of nitrogens with two attached hydrogens (primary N) is 1. The lowest BCUT2D eigenvalue weighted by Gasteiger charge is -2.53. The molecule has 0 radical (unpaired) electrons. The molecule has 7 nitrogen and oxygen atoms in total. The fourth-order valence-electron chi connectivity index (χ4n) is 2.85. The highest BCUT2D eigenvalue weighted by Crippen LogP contribution is 2.51. The van der Waals surface area contributed by atoms with Gasteiger partial charge >= 0.3 is 6.09 Å². The van der Waals surface area contributed by atoms with Crippen LogP contribution in [-0.4, -0.2) is 23.5 Å². The topological polar surface area (TPSA) is 111 Å². The van der Waals surface area contributed by atoms with Gasteiger partial charge in [-0.1, -0.05) is 39.0 Å². The van der Waals surface area contributed by atoms with Crippen molar-refractivity contribution in [2.75, 3.05) is 0 Å². The smallest absolute Gasteiger partial charge is 0.405 e. The van der Waals surface area contributed by atoms with Gasteiger partial charge in [-0.25, -0.2) is 4.79 Å². The van der Waals surface area contributed by atoms with Crippen LogP contribution in [0.1, 0.15) is 44.0 Å². The lowest BCUT2D eigenvalue weighted by molar-refractivity contribution is -0.164. The van der Waals surface area contributed by atoms with Crippen LogP contribution in [0.4, 0.5) is 4.79 Å². The lowest BCUT2D eigenvalue weighted by atomic mass is 9.58. The fraction of sp³-hybridized carbons (Fsp3) is 0.471. The van der Waals surface area contributed by atoms with Gasteiger partial charge in [0.2, 0.25) is 5.91 Å². The molecular weight excluding hydrogens is 310 g/mol. The molecule has 130 valence electrons. The van der Waals surface area contributed by atoms with Crippen molar-refractivity contribution in [1.82, 2.24) is 10.9 Å². The summed E-state index contributed by atoms with van der Waals surface area (Å²) in [6, 6.07) is 8.57. The maximum absolute atomic E-state index is 12.2. The van der Waals surface area contributed by atoms with Crippen LogP contribution < -0.4 is 16.6 Å². The molecular formula is C17H23N3O4. The SMILES string of the molecule is CC(C)(C)C1(OC(N)=O)CC(C(=O)NNC(=O)c2ccccc2)C1. The molecule has 0 heterocycles. The van der Waals surface area contributed by atoms with E-state index in [1.54, 1.807) is 30.3 Å². The van der Waals surface area contributed by atoms with Crippen LogP contribution >= 0.6 is 0 Å². The van der Waals surface area contributed by atoms with Crippen molar-refractivity contribution in [1.29, 1.82) is 0 Å². The molecule has 0 unspecified atom stereocenters. The van der Waals surface area contributed by atoms with Gasteiger partial charge in [0.05, 0.1) is 0 Å². The number of hydrogen-bond donors (Lipinski definition) is 3. The van der Waals surface area contributed by atoms with Gasteiger partial charge in [-0.05, 0) is 25.0 Å². The molecule has 1 saturated carbocycles. The second kappa shape index (κ2) is 6.51. The molecule has 4 N–H and O–H groups in total. The van der Waals surface area contributed by atoms with Crippen molar-refractivity contribution < 1.29 is 19.1 Å². The molecule has 1 aromatic carbocycles. The third-order valence-corrected chi connectivity index (χ3v) is 4.52. The first-order valence-corrected chi connectivity index (χ1v) is 7.78. The van der Waals surface area contributed by atoms with Crippen molar-refractivity contribution in [3.63, 3.8) is 0 Å². The number of benzene rings is 1. The average molecular weight is 333 g/mol. The Bertz CT molecular complexity index is 631. The molecule has 1 aliphatic rings. The van der Waals surface area contributed by atoms with Crippen molar-refractivity contribution in [2.24, 2.45) is 17.1 Å². The van der Waals surface area contributed by atoms with E-state index < -0.39 is 17.6 Å². The minimum absolute atomic E-state index is 0.313. The Labute approximate surface area is 140 Å². The highest BCUT2D eigenvalue weighted by atomic mass is 16.6. The van der Waals surface area contributed by atoms with Gasteiger partial charge in [-0.2, -0.15) is 0 Å². The predicted octanol–water partition coefficient (Wildman–Crippen LogP) is 1.74. The van der Waals surface area contributed by atoms with Gasteiger partial charge in [0, 0.05) is 16.9 Å². The van der Waals surface area contributed by atoms with Crippen LogP contribution in [0, 0.1) is 11.3 Å². The van der Waals surface area contributed by atoms with E-state index >= 15 is 0 Å². The van der Waals surface area contributed by atoms with E-state index in [9.17, 15) is 14.4 Å². The summed E-state index contributed by atoms with van der Waals surface area (Å²) in [5, 5.41) is 0. The minimum atomic E-state index is -0.846. The van der Waals surface area contributed by atoms with Crippen LogP contribution in [0.5, 0.6) is 0 Å². The highest BCUT2D eigenvalue weighted by molar-refractivity contribution is 5.95. The molecule has 0 atom stereocenters. The largest absolute Gasteiger partial charge is 0.442 e. The molecule has 24 heavy (non-hydrogen) atoms. The molecule has 0 saturated heterocycles. The highest BCUT2D eigenvalue weighted by Gasteiger charge is 2.57. The van der Waals surface area contributed by atoms with E-state index in [-0.39, 0.29) is 17.2 Å². The van der Waals surface area contributed by atoms with Gasteiger partial charge in [-0.3, -0.25) is 20.4 Å². The van der Waals surface area contributed by atoms with Crippen LogP contribution in [0.25, 0.3) is 0 Å². The first kappa shape index (κ1) is 17.8. The second-order valence-corrected chi connectivity index (χ2v) is 7.08. The molecule has 1 fully saturated rings. The number of rotatable bonds is 3. The Morgan fingerprint density at radius 1 is 1.12 bits per heavy atom. The molecule has 3 amide bonds. The minimum Gasteiger partial charge on any atom is -0.442 e. The second-order valence-electron chi connectivity index (χ2n) is 7.08. The number of carbonyl (C=O) groups is 3. The van der Waals surface area contributed by atoms with E-state index in [0.717, 1.165) is 0 Å².